The molecular formula is C13H13N3O2. The van der Waals surface area contributed by atoms with Gasteiger partial charge in [-0.1, -0.05) is 30.3 Å². The van der Waals surface area contributed by atoms with Crippen molar-refractivity contribution >= 4 is 5.91 Å². The molecule has 92 valence electrons. The molecule has 0 atom stereocenters. The molecule has 5 nitrogen and oxygen atoms in total. The zero-order valence-electron chi connectivity index (χ0n) is 9.67. The van der Waals surface area contributed by atoms with Crippen LogP contribution >= 0.6 is 0 Å². The van der Waals surface area contributed by atoms with Crippen LogP contribution in [0.15, 0.2) is 48.7 Å². The molecule has 0 spiro atoms. The predicted octanol–water partition coefficient (Wildman–Crippen LogP) is 1.26. The number of nitrogens with two attached hydrogens (primary N) is 1. The number of nitrogens with one attached hydrogen (secondary N) is 1. The van der Waals surface area contributed by atoms with Crippen LogP contribution < -0.4 is 16.0 Å². The molecule has 0 unspecified atom stereocenters. The van der Waals surface area contributed by atoms with Gasteiger partial charge in [-0.2, -0.15) is 0 Å². The predicted molar refractivity (Wildman–Crippen MR) is 66.7 cm³/mol. The van der Waals surface area contributed by atoms with Gasteiger partial charge in [0, 0.05) is 0 Å². The van der Waals surface area contributed by atoms with Crippen LogP contribution in [0.1, 0.15) is 16.1 Å². The summed E-state index contributed by atoms with van der Waals surface area (Å²) in [6, 6.07) is 13.0. The second-order valence-electron chi connectivity index (χ2n) is 3.63. The van der Waals surface area contributed by atoms with Crippen LogP contribution in [0.5, 0.6) is 5.75 Å². The molecular weight excluding hydrogens is 230 g/mol. The van der Waals surface area contributed by atoms with Gasteiger partial charge in [0.05, 0.1) is 6.20 Å². The summed E-state index contributed by atoms with van der Waals surface area (Å²) in [6.45, 7) is 0.463. The molecule has 0 bridgehead atoms. The fraction of sp³-hybridized carbons (Fsp3) is 0.0769. The Balaban J connectivity index is 1.97. The molecule has 0 aliphatic heterocycles. The molecule has 3 N–H and O–H groups in total. The first kappa shape index (κ1) is 12.1. The molecule has 2 aromatic rings. The Morgan fingerprint density at radius 1 is 1.22 bits per heavy atom. The third kappa shape index (κ3) is 3.05. The number of hydrazine groups is 1. The first-order valence-corrected chi connectivity index (χ1v) is 5.43. The second-order valence-corrected chi connectivity index (χ2v) is 3.63. The lowest BCUT2D eigenvalue weighted by Crippen LogP contribution is -2.30. The van der Waals surface area contributed by atoms with Crippen LogP contribution in [0.25, 0.3) is 0 Å². The van der Waals surface area contributed by atoms with E-state index in [4.69, 9.17) is 10.6 Å². The van der Waals surface area contributed by atoms with Gasteiger partial charge in [0.25, 0.3) is 5.91 Å². The smallest absolute Gasteiger partial charge is 0.283 e. The summed E-state index contributed by atoms with van der Waals surface area (Å²) < 4.78 is 5.53. The van der Waals surface area contributed by atoms with Gasteiger partial charge < -0.3 is 4.74 Å². The second kappa shape index (κ2) is 5.79. The van der Waals surface area contributed by atoms with Crippen LogP contribution in [0.3, 0.4) is 0 Å². The zero-order chi connectivity index (χ0) is 12.8. The lowest BCUT2D eigenvalue weighted by Gasteiger charge is -2.06. The maximum atomic E-state index is 11.2. The first-order valence-electron chi connectivity index (χ1n) is 5.43. The summed E-state index contributed by atoms with van der Waals surface area (Å²) in [5, 5.41) is 0. The minimum absolute atomic E-state index is 0.254. The third-order valence-electron chi connectivity index (χ3n) is 2.35. The van der Waals surface area contributed by atoms with E-state index in [9.17, 15) is 4.79 Å². The number of carbonyl (C=O) groups excluding carboxylic acids is 1. The van der Waals surface area contributed by atoms with Gasteiger partial charge in [-0.05, 0) is 17.7 Å². The van der Waals surface area contributed by atoms with Crippen LogP contribution in [0, 0.1) is 0 Å². The summed E-state index contributed by atoms with van der Waals surface area (Å²) >= 11 is 0. The number of aromatic nitrogens is 1. The maximum absolute atomic E-state index is 11.2. The Labute approximate surface area is 105 Å². The van der Waals surface area contributed by atoms with Crippen molar-refractivity contribution < 1.29 is 9.53 Å². The summed E-state index contributed by atoms with van der Waals surface area (Å²) in [6.07, 6.45) is 1.49. The Kier molecular flexibility index (Phi) is 3.88. The lowest BCUT2D eigenvalue weighted by atomic mass is 10.2. The lowest BCUT2D eigenvalue weighted by molar-refractivity contribution is 0.0948. The standard InChI is InChI=1S/C13H13N3O2/c14-16-13(17)12-7-6-11(8-15-12)18-9-10-4-2-1-3-5-10/h1-8H,9,14H2,(H,16,17). The highest BCUT2D eigenvalue weighted by molar-refractivity contribution is 5.91. The quantitative estimate of drug-likeness (QED) is 0.481. The molecule has 2 rings (SSSR count). The van der Waals surface area contributed by atoms with E-state index in [1.807, 2.05) is 35.8 Å². The van der Waals surface area contributed by atoms with Crippen LogP contribution in [0.2, 0.25) is 0 Å². The van der Waals surface area contributed by atoms with Gasteiger partial charge in [-0.25, -0.2) is 10.8 Å². The van der Waals surface area contributed by atoms with Crippen molar-refractivity contribution in [3.8, 4) is 5.75 Å². The number of nitrogen functional groups attached to an aromatic ring is 1. The molecule has 1 aromatic carbocycles. The van der Waals surface area contributed by atoms with Gasteiger partial charge in [0.1, 0.15) is 18.1 Å². The molecule has 0 aliphatic rings. The first-order chi connectivity index (χ1) is 8.79. The highest BCUT2D eigenvalue weighted by atomic mass is 16.5. The average Bonchev–Trinajstić information content (AvgIpc) is 2.46. The van der Waals surface area contributed by atoms with E-state index in [1.54, 1.807) is 12.1 Å². The Morgan fingerprint density at radius 2 is 2.00 bits per heavy atom. The van der Waals surface area contributed by atoms with Gasteiger partial charge in [0.2, 0.25) is 0 Å². The number of rotatable bonds is 4. The van der Waals surface area contributed by atoms with Gasteiger partial charge in [-0.15, -0.1) is 0 Å². The number of benzene rings is 1. The largest absolute Gasteiger partial charge is 0.487 e. The number of nitrogens with zero attached hydrogens (tertiary/aromatic N) is 1. The normalized spacial score (nSPS) is 9.83. The Hall–Kier alpha value is -2.40. The highest BCUT2D eigenvalue weighted by Gasteiger charge is 2.04. The van der Waals surface area contributed by atoms with Crippen molar-refractivity contribution in [3.63, 3.8) is 0 Å². The number of amides is 1. The summed E-state index contributed by atoms with van der Waals surface area (Å²) in [5.41, 5.74) is 3.34. The average molecular weight is 243 g/mol. The number of ether oxygens (including phenoxy) is 1. The van der Waals surface area contributed by atoms with Crippen molar-refractivity contribution in [2.45, 2.75) is 6.61 Å². The van der Waals surface area contributed by atoms with E-state index >= 15 is 0 Å². The molecule has 1 aromatic heterocycles. The van der Waals surface area contributed by atoms with E-state index < -0.39 is 5.91 Å². The molecule has 0 saturated heterocycles. The molecule has 0 aliphatic carbocycles. The summed E-state index contributed by atoms with van der Waals surface area (Å²) in [4.78, 5) is 15.1. The Bertz CT molecular complexity index is 512. The number of pyridine rings is 1. The van der Waals surface area contributed by atoms with Crippen molar-refractivity contribution in [2.24, 2.45) is 5.84 Å². The summed E-state index contributed by atoms with van der Waals surface area (Å²) in [5.74, 6) is 5.18. The monoisotopic (exact) mass is 243 g/mol. The molecule has 0 saturated carbocycles. The molecule has 1 amide bonds. The van der Waals surface area contributed by atoms with Gasteiger partial charge in [0.15, 0.2) is 0 Å². The molecule has 0 radical (unpaired) electrons. The van der Waals surface area contributed by atoms with E-state index in [0.29, 0.717) is 12.4 Å². The van der Waals surface area contributed by atoms with Crippen LogP contribution in [0.4, 0.5) is 0 Å². The zero-order valence-corrected chi connectivity index (χ0v) is 9.67. The van der Waals surface area contributed by atoms with Gasteiger partial charge >= 0.3 is 0 Å². The minimum atomic E-state index is -0.426. The van der Waals surface area contributed by atoms with E-state index in [-0.39, 0.29) is 5.69 Å². The molecule has 5 heteroatoms. The topological polar surface area (TPSA) is 77.2 Å². The van der Waals surface area contributed by atoms with Crippen molar-refractivity contribution in [1.29, 1.82) is 0 Å². The highest BCUT2D eigenvalue weighted by Crippen LogP contribution is 2.11. The van der Waals surface area contributed by atoms with Crippen molar-refractivity contribution in [2.75, 3.05) is 0 Å². The number of hydrogen-bond acceptors (Lipinski definition) is 4. The van der Waals surface area contributed by atoms with Gasteiger partial charge in [-0.3, -0.25) is 10.2 Å². The number of hydrogen-bond donors (Lipinski definition) is 2. The third-order valence-corrected chi connectivity index (χ3v) is 2.35. The fourth-order valence-corrected chi connectivity index (χ4v) is 1.41. The number of carbonyl (C=O) groups is 1. The van der Waals surface area contributed by atoms with Crippen LogP contribution in [-0.4, -0.2) is 10.9 Å². The summed E-state index contributed by atoms with van der Waals surface area (Å²) in [7, 11) is 0. The maximum Gasteiger partial charge on any atom is 0.283 e. The Morgan fingerprint density at radius 3 is 2.61 bits per heavy atom. The van der Waals surface area contributed by atoms with Crippen LogP contribution in [-0.2, 0) is 6.61 Å². The molecule has 1 heterocycles. The van der Waals surface area contributed by atoms with E-state index in [2.05, 4.69) is 4.98 Å². The van der Waals surface area contributed by atoms with E-state index in [0.717, 1.165) is 5.56 Å². The van der Waals surface area contributed by atoms with Crippen molar-refractivity contribution in [3.05, 3.63) is 59.9 Å². The minimum Gasteiger partial charge on any atom is -0.487 e. The SMILES string of the molecule is NNC(=O)c1ccc(OCc2ccccc2)cn1. The molecule has 0 fully saturated rings. The molecule has 18 heavy (non-hydrogen) atoms. The fourth-order valence-electron chi connectivity index (χ4n) is 1.41. The van der Waals surface area contributed by atoms with E-state index in [1.165, 1.54) is 6.20 Å². The van der Waals surface area contributed by atoms with Crippen molar-refractivity contribution in [1.82, 2.24) is 10.4 Å².